The lowest BCUT2D eigenvalue weighted by molar-refractivity contribution is -0.137. The van der Waals surface area contributed by atoms with E-state index in [0.29, 0.717) is 16.7 Å². The summed E-state index contributed by atoms with van der Waals surface area (Å²) in [6.45, 7) is 0.466. The summed E-state index contributed by atoms with van der Waals surface area (Å²) in [6.07, 6.45) is -4.35. The van der Waals surface area contributed by atoms with Crippen LogP contribution in [-0.2, 0) is 19.3 Å². The predicted molar refractivity (Wildman–Crippen MR) is 78.8 cm³/mol. The standard InChI is InChI=1S/C15H13BrF3NO/c16-13-7-12(15(17,18)19)5-6-14(13)20-8-10-1-3-11(9-21)4-2-10/h1-7,20-21H,8-9H2. The summed E-state index contributed by atoms with van der Waals surface area (Å²) in [7, 11) is 0. The van der Waals surface area contributed by atoms with Gasteiger partial charge in [-0.05, 0) is 45.3 Å². The Labute approximate surface area is 128 Å². The zero-order chi connectivity index (χ0) is 15.5. The van der Waals surface area contributed by atoms with Crippen LogP contribution in [0.25, 0.3) is 0 Å². The number of hydrogen-bond acceptors (Lipinski definition) is 2. The number of rotatable bonds is 4. The highest BCUT2D eigenvalue weighted by molar-refractivity contribution is 9.10. The molecule has 2 N–H and O–H groups in total. The van der Waals surface area contributed by atoms with Crippen LogP contribution in [0.2, 0.25) is 0 Å². The van der Waals surface area contributed by atoms with Crippen LogP contribution < -0.4 is 5.32 Å². The summed E-state index contributed by atoms with van der Waals surface area (Å²) < 4.78 is 38.0. The largest absolute Gasteiger partial charge is 0.416 e. The molecule has 0 aliphatic heterocycles. The van der Waals surface area contributed by atoms with Gasteiger partial charge in [0.2, 0.25) is 0 Å². The Morgan fingerprint density at radius 2 is 1.62 bits per heavy atom. The van der Waals surface area contributed by atoms with Crippen molar-refractivity contribution in [1.29, 1.82) is 0 Å². The highest BCUT2D eigenvalue weighted by Crippen LogP contribution is 2.34. The van der Waals surface area contributed by atoms with Gasteiger partial charge in [0, 0.05) is 16.7 Å². The molecule has 0 radical (unpaired) electrons. The number of benzene rings is 2. The summed E-state index contributed by atoms with van der Waals surface area (Å²) >= 11 is 3.14. The Morgan fingerprint density at radius 3 is 2.14 bits per heavy atom. The van der Waals surface area contributed by atoms with Gasteiger partial charge >= 0.3 is 6.18 Å². The molecule has 21 heavy (non-hydrogen) atoms. The van der Waals surface area contributed by atoms with Gasteiger partial charge in [-0.15, -0.1) is 0 Å². The van der Waals surface area contributed by atoms with E-state index in [4.69, 9.17) is 5.11 Å². The third kappa shape index (κ3) is 4.22. The molecule has 2 rings (SSSR count). The van der Waals surface area contributed by atoms with E-state index < -0.39 is 11.7 Å². The van der Waals surface area contributed by atoms with Gasteiger partial charge in [0.05, 0.1) is 12.2 Å². The average molecular weight is 360 g/mol. The fraction of sp³-hybridized carbons (Fsp3) is 0.200. The maximum atomic E-state index is 12.6. The highest BCUT2D eigenvalue weighted by atomic mass is 79.9. The minimum Gasteiger partial charge on any atom is -0.392 e. The Morgan fingerprint density at radius 1 is 1.00 bits per heavy atom. The van der Waals surface area contributed by atoms with Gasteiger partial charge in [0.25, 0.3) is 0 Å². The lowest BCUT2D eigenvalue weighted by atomic mass is 10.1. The Kier molecular flexibility index (Phi) is 4.90. The lowest BCUT2D eigenvalue weighted by Crippen LogP contribution is -2.06. The van der Waals surface area contributed by atoms with E-state index in [1.807, 2.05) is 12.1 Å². The Hall–Kier alpha value is -1.53. The zero-order valence-electron chi connectivity index (χ0n) is 10.9. The minimum absolute atomic E-state index is 0.0157. The van der Waals surface area contributed by atoms with Gasteiger partial charge in [0.15, 0.2) is 0 Å². The van der Waals surface area contributed by atoms with E-state index in [9.17, 15) is 13.2 Å². The lowest BCUT2D eigenvalue weighted by Gasteiger charge is -2.12. The molecule has 0 fully saturated rings. The molecule has 0 unspecified atom stereocenters. The fourth-order valence-corrected chi connectivity index (χ4v) is 2.31. The Balaban J connectivity index is 2.06. The monoisotopic (exact) mass is 359 g/mol. The summed E-state index contributed by atoms with van der Waals surface area (Å²) in [4.78, 5) is 0. The van der Waals surface area contributed by atoms with E-state index in [1.54, 1.807) is 12.1 Å². The molecule has 2 nitrogen and oxygen atoms in total. The van der Waals surface area contributed by atoms with Crippen molar-refractivity contribution < 1.29 is 18.3 Å². The molecule has 0 saturated heterocycles. The van der Waals surface area contributed by atoms with Gasteiger partial charge in [0.1, 0.15) is 0 Å². The summed E-state index contributed by atoms with van der Waals surface area (Å²) in [5, 5.41) is 12.0. The topological polar surface area (TPSA) is 32.3 Å². The molecule has 112 valence electrons. The van der Waals surface area contributed by atoms with Crippen LogP contribution in [0.3, 0.4) is 0 Å². The minimum atomic E-state index is -4.35. The van der Waals surface area contributed by atoms with Crippen molar-refractivity contribution in [2.45, 2.75) is 19.3 Å². The number of alkyl halides is 3. The van der Waals surface area contributed by atoms with Gasteiger partial charge in [-0.25, -0.2) is 0 Å². The van der Waals surface area contributed by atoms with Gasteiger partial charge in [-0.1, -0.05) is 24.3 Å². The normalized spacial score (nSPS) is 11.5. The van der Waals surface area contributed by atoms with Crippen molar-refractivity contribution in [3.63, 3.8) is 0 Å². The molecule has 0 saturated carbocycles. The quantitative estimate of drug-likeness (QED) is 0.837. The molecule has 0 amide bonds. The van der Waals surface area contributed by atoms with Gasteiger partial charge in [-0.3, -0.25) is 0 Å². The average Bonchev–Trinajstić information content (AvgIpc) is 2.45. The molecule has 0 aromatic heterocycles. The smallest absolute Gasteiger partial charge is 0.392 e. The predicted octanol–water partition coefficient (Wildman–Crippen LogP) is 4.57. The number of anilines is 1. The van der Waals surface area contributed by atoms with Crippen molar-refractivity contribution in [2.24, 2.45) is 0 Å². The molecule has 0 aliphatic rings. The third-order valence-corrected chi connectivity index (χ3v) is 3.64. The first-order valence-electron chi connectivity index (χ1n) is 6.19. The molecule has 0 atom stereocenters. The van der Waals surface area contributed by atoms with Crippen LogP contribution >= 0.6 is 15.9 Å². The molecule has 6 heteroatoms. The first-order valence-corrected chi connectivity index (χ1v) is 6.99. The maximum absolute atomic E-state index is 12.6. The van der Waals surface area contributed by atoms with E-state index in [-0.39, 0.29) is 6.61 Å². The van der Waals surface area contributed by atoms with Crippen molar-refractivity contribution in [2.75, 3.05) is 5.32 Å². The van der Waals surface area contributed by atoms with Crippen LogP contribution in [-0.4, -0.2) is 5.11 Å². The molecular formula is C15H13BrF3NO. The van der Waals surface area contributed by atoms with E-state index >= 15 is 0 Å². The SMILES string of the molecule is OCc1ccc(CNc2ccc(C(F)(F)F)cc2Br)cc1. The third-order valence-electron chi connectivity index (χ3n) is 2.98. The second-order valence-electron chi connectivity index (χ2n) is 4.52. The number of aliphatic hydroxyl groups excluding tert-OH is 1. The molecule has 2 aromatic carbocycles. The summed E-state index contributed by atoms with van der Waals surface area (Å²) in [5.41, 5.74) is 1.69. The second kappa shape index (κ2) is 6.49. The maximum Gasteiger partial charge on any atom is 0.416 e. The van der Waals surface area contributed by atoms with Crippen molar-refractivity contribution in [1.82, 2.24) is 0 Å². The molecule has 0 spiro atoms. The van der Waals surface area contributed by atoms with Crippen LogP contribution in [0.15, 0.2) is 46.9 Å². The molecular weight excluding hydrogens is 347 g/mol. The number of hydrogen-bond donors (Lipinski definition) is 2. The van der Waals surface area contributed by atoms with Crippen LogP contribution in [0.1, 0.15) is 16.7 Å². The summed E-state index contributed by atoms with van der Waals surface area (Å²) in [5.74, 6) is 0. The first-order chi connectivity index (χ1) is 9.90. The van der Waals surface area contributed by atoms with Crippen molar-refractivity contribution in [3.8, 4) is 0 Å². The second-order valence-corrected chi connectivity index (χ2v) is 5.37. The fourth-order valence-electron chi connectivity index (χ4n) is 1.79. The van der Waals surface area contributed by atoms with E-state index in [1.165, 1.54) is 6.07 Å². The van der Waals surface area contributed by atoms with Crippen molar-refractivity contribution >= 4 is 21.6 Å². The van der Waals surface area contributed by atoms with E-state index in [2.05, 4.69) is 21.2 Å². The first kappa shape index (κ1) is 15.9. The van der Waals surface area contributed by atoms with Crippen LogP contribution in [0.5, 0.6) is 0 Å². The van der Waals surface area contributed by atoms with Crippen LogP contribution in [0.4, 0.5) is 18.9 Å². The molecule has 0 heterocycles. The number of halogens is 4. The summed E-state index contributed by atoms with van der Waals surface area (Å²) in [6, 6.07) is 10.8. The number of aliphatic hydroxyl groups is 1. The molecule has 0 aliphatic carbocycles. The highest BCUT2D eigenvalue weighted by Gasteiger charge is 2.30. The zero-order valence-corrected chi connectivity index (χ0v) is 12.5. The van der Waals surface area contributed by atoms with Crippen molar-refractivity contribution in [3.05, 3.63) is 63.6 Å². The number of nitrogens with one attached hydrogen (secondary N) is 1. The molecule has 2 aromatic rings. The molecule has 0 bridgehead atoms. The van der Waals surface area contributed by atoms with Crippen LogP contribution in [0, 0.1) is 0 Å². The van der Waals surface area contributed by atoms with Gasteiger partial charge < -0.3 is 10.4 Å². The Bertz CT molecular complexity index is 611. The van der Waals surface area contributed by atoms with E-state index in [0.717, 1.165) is 23.3 Å². The van der Waals surface area contributed by atoms with Gasteiger partial charge in [-0.2, -0.15) is 13.2 Å².